The number of piperazine rings is 1. The molecule has 1 saturated heterocycles. The van der Waals surface area contributed by atoms with Gasteiger partial charge in [0.05, 0.1) is 23.2 Å². The first-order valence-corrected chi connectivity index (χ1v) is 11.4. The number of nitrogens with zero attached hydrogens (tertiary/aromatic N) is 4. The smallest absolute Gasteiger partial charge is 0.257 e. The fourth-order valence-corrected chi connectivity index (χ4v) is 5.55. The highest BCUT2D eigenvalue weighted by atomic mass is 32.2. The van der Waals surface area contributed by atoms with E-state index in [4.69, 9.17) is 0 Å². The fraction of sp³-hybridized carbons (Fsp3) is 0.500. The van der Waals surface area contributed by atoms with E-state index < -0.39 is 10.0 Å². The van der Waals surface area contributed by atoms with Crippen LogP contribution in [0.4, 0.5) is 0 Å². The summed E-state index contributed by atoms with van der Waals surface area (Å²) in [5.74, 6) is -0.0293. The Kier molecular flexibility index (Phi) is 5.25. The van der Waals surface area contributed by atoms with E-state index in [1.54, 1.807) is 11.1 Å². The molecular formula is C20H26N4O3S. The van der Waals surface area contributed by atoms with Gasteiger partial charge < -0.3 is 4.90 Å². The van der Waals surface area contributed by atoms with Gasteiger partial charge in [0.25, 0.3) is 5.91 Å². The Balaban J connectivity index is 1.40. The SMILES string of the molecule is Cc1cccc(CS(=O)(=O)N2CCN(C(=O)c3cnn4c3CCCC4)CC2)c1. The van der Waals surface area contributed by atoms with Gasteiger partial charge in [-0.2, -0.15) is 9.40 Å². The number of aryl methyl sites for hydroxylation is 2. The van der Waals surface area contributed by atoms with E-state index in [2.05, 4.69) is 5.10 Å². The molecule has 0 spiro atoms. The van der Waals surface area contributed by atoms with E-state index in [0.29, 0.717) is 31.7 Å². The zero-order valence-electron chi connectivity index (χ0n) is 16.2. The number of aromatic nitrogens is 2. The second kappa shape index (κ2) is 7.67. The Morgan fingerprint density at radius 2 is 1.89 bits per heavy atom. The van der Waals surface area contributed by atoms with Crippen molar-refractivity contribution in [3.05, 3.63) is 52.8 Å². The Hall–Kier alpha value is -2.19. The van der Waals surface area contributed by atoms with Crippen molar-refractivity contribution in [3.63, 3.8) is 0 Å². The number of amides is 1. The van der Waals surface area contributed by atoms with Gasteiger partial charge >= 0.3 is 0 Å². The minimum Gasteiger partial charge on any atom is -0.336 e. The molecular weight excluding hydrogens is 376 g/mol. The summed E-state index contributed by atoms with van der Waals surface area (Å²) in [5, 5.41) is 4.34. The minimum atomic E-state index is -3.39. The maximum absolute atomic E-state index is 12.9. The van der Waals surface area contributed by atoms with Gasteiger partial charge in [-0.25, -0.2) is 8.42 Å². The average Bonchev–Trinajstić information content (AvgIpc) is 3.11. The first-order valence-electron chi connectivity index (χ1n) is 9.81. The van der Waals surface area contributed by atoms with Crippen molar-refractivity contribution in [2.75, 3.05) is 26.2 Å². The van der Waals surface area contributed by atoms with Gasteiger partial charge in [-0.15, -0.1) is 0 Å². The van der Waals surface area contributed by atoms with E-state index in [-0.39, 0.29) is 11.7 Å². The quantitative estimate of drug-likeness (QED) is 0.782. The number of rotatable bonds is 4. The molecule has 28 heavy (non-hydrogen) atoms. The molecule has 4 rings (SSSR count). The molecule has 0 atom stereocenters. The largest absolute Gasteiger partial charge is 0.336 e. The molecule has 1 amide bonds. The maximum Gasteiger partial charge on any atom is 0.257 e. The van der Waals surface area contributed by atoms with Crippen molar-refractivity contribution >= 4 is 15.9 Å². The van der Waals surface area contributed by atoms with Gasteiger partial charge in [0.1, 0.15) is 0 Å². The van der Waals surface area contributed by atoms with Gasteiger partial charge in [-0.1, -0.05) is 29.8 Å². The first kappa shape index (κ1) is 19.1. The van der Waals surface area contributed by atoms with Crippen molar-refractivity contribution in [1.82, 2.24) is 19.0 Å². The summed E-state index contributed by atoms with van der Waals surface area (Å²) in [5.41, 5.74) is 3.54. The molecule has 1 aromatic carbocycles. The highest BCUT2D eigenvalue weighted by Gasteiger charge is 2.31. The Labute approximate surface area is 166 Å². The molecule has 0 N–H and O–H groups in total. The molecule has 0 radical (unpaired) electrons. The fourth-order valence-electron chi connectivity index (χ4n) is 4.04. The van der Waals surface area contributed by atoms with Crippen LogP contribution in [0.25, 0.3) is 0 Å². The molecule has 0 saturated carbocycles. The van der Waals surface area contributed by atoms with Crippen LogP contribution in [0.15, 0.2) is 30.5 Å². The Bertz CT molecular complexity index is 975. The summed E-state index contributed by atoms with van der Waals surface area (Å²) >= 11 is 0. The van der Waals surface area contributed by atoms with Crippen LogP contribution in [0.1, 0.15) is 40.0 Å². The maximum atomic E-state index is 12.9. The van der Waals surface area contributed by atoms with Crippen molar-refractivity contribution in [1.29, 1.82) is 0 Å². The van der Waals surface area contributed by atoms with Gasteiger partial charge in [0, 0.05) is 32.7 Å². The van der Waals surface area contributed by atoms with E-state index in [1.807, 2.05) is 35.9 Å². The third kappa shape index (κ3) is 3.84. The van der Waals surface area contributed by atoms with Gasteiger partial charge in [0.2, 0.25) is 10.0 Å². The standard InChI is InChI=1S/C20H26N4O3S/c1-16-5-4-6-17(13-16)15-28(26,27)23-11-9-22(10-12-23)20(25)18-14-21-24-8-3-2-7-19(18)24/h4-6,13-14H,2-3,7-12,15H2,1H3. The molecule has 2 aliphatic rings. The number of sulfonamides is 1. The number of carbonyl (C=O) groups excluding carboxylic acids is 1. The monoisotopic (exact) mass is 402 g/mol. The second-order valence-corrected chi connectivity index (χ2v) is 9.59. The zero-order valence-corrected chi connectivity index (χ0v) is 17.0. The van der Waals surface area contributed by atoms with Crippen molar-refractivity contribution in [2.24, 2.45) is 0 Å². The van der Waals surface area contributed by atoms with E-state index in [1.165, 1.54) is 4.31 Å². The van der Waals surface area contributed by atoms with Gasteiger partial charge in [-0.3, -0.25) is 9.48 Å². The molecule has 3 heterocycles. The predicted molar refractivity (Wildman–Crippen MR) is 106 cm³/mol. The van der Waals surface area contributed by atoms with Crippen LogP contribution in [0.3, 0.4) is 0 Å². The van der Waals surface area contributed by atoms with Crippen LogP contribution in [-0.2, 0) is 28.7 Å². The first-order chi connectivity index (χ1) is 13.4. The Morgan fingerprint density at radius 3 is 2.64 bits per heavy atom. The van der Waals surface area contributed by atoms with Gasteiger partial charge in [-0.05, 0) is 31.7 Å². The van der Waals surface area contributed by atoms with Crippen LogP contribution in [0, 0.1) is 6.92 Å². The van der Waals surface area contributed by atoms with Crippen LogP contribution in [-0.4, -0.2) is 59.5 Å². The van der Waals surface area contributed by atoms with Crippen molar-refractivity contribution < 1.29 is 13.2 Å². The lowest BCUT2D eigenvalue weighted by Crippen LogP contribution is -2.50. The molecule has 2 aliphatic heterocycles. The number of hydrogen-bond acceptors (Lipinski definition) is 4. The zero-order chi connectivity index (χ0) is 19.7. The topological polar surface area (TPSA) is 75.5 Å². The summed E-state index contributed by atoms with van der Waals surface area (Å²) < 4.78 is 29.0. The molecule has 8 heteroatoms. The average molecular weight is 403 g/mol. The van der Waals surface area contributed by atoms with E-state index >= 15 is 0 Å². The summed E-state index contributed by atoms with van der Waals surface area (Å²) in [6, 6.07) is 7.58. The van der Waals surface area contributed by atoms with Crippen LogP contribution < -0.4 is 0 Å². The number of fused-ring (bicyclic) bond motifs is 1. The molecule has 1 fully saturated rings. The highest BCUT2D eigenvalue weighted by molar-refractivity contribution is 7.88. The van der Waals surface area contributed by atoms with Crippen LogP contribution >= 0.6 is 0 Å². The minimum absolute atomic E-state index is 0.000451. The Morgan fingerprint density at radius 1 is 1.11 bits per heavy atom. The van der Waals surface area contributed by atoms with Gasteiger partial charge in [0.15, 0.2) is 0 Å². The molecule has 1 aromatic heterocycles. The van der Waals surface area contributed by atoms with E-state index in [0.717, 1.165) is 42.6 Å². The normalized spacial score (nSPS) is 18.1. The lowest BCUT2D eigenvalue weighted by molar-refractivity contribution is 0.0696. The third-order valence-electron chi connectivity index (χ3n) is 5.56. The molecule has 2 aromatic rings. The number of hydrogen-bond donors (Lipinski definition) is 0. The molecule has 0 aliphatic carbocycles. The van der Waals surface area contributed by atoms with Crippen molar-refractivity contribution in [2.45, 2.75) is 38.5 Å². The lowest BCUT2D eigenvalue weighted by atomic mass is 10.1. The van der Waals surface area contributed by atoms with Crippen LogP contribution in [0.5, 0.6) is 0 Å². The summed E-state index contributed by atoms with van der Waals surface area (Å²) in [4.78, 5) is 14.7. The molecule has 7 nitrogen and oxygen atoms in total. The number of carbonyl (C=O) groups is 1. The lowest BCUT2D eigenvalue weighted by Gasteiger charge is -2.34. The predicted octanol–water partition coefficient (Wildman–Crippen LogP) is 1.82. The number of benzene rings is 1. The second-order valence-electron chi connectivity index (χ2n) is 7.62. The molecule has 0 bridgehead atoms. The van der Waals surface area contributed by atoms with E-state index in [9.17, 15) is 13.2 Å². The summed E-state index contributed by atoms with van der Waals surface area (Å²) in [6.07, 6.45) is 4.73. The highest BCUT2D eigenvalue weighted by Crippen LogP contribution is 2.21. The molecule has 0 unspecified atom stereocenters. The summed E-state index contributed by atoms with van der Waals surface area (Å²) in [6.45, 7) is 4.32. The third-order valence-corrected chi connectivity index (χ3v) is 7.41. The van der Waals surface area contributed by atoms with Crippen LogP contribution in [0.2, 0.25) is 0 Å². The summed E-state index contributed by atoms with van der Waals surface area (Å²) in [7, 11) is -3.39. The molecule has 150 valence electrons. The van der Waals surface area contributed by atoms with Crippen molar-refractivity contribution in [3.8, 4) is 0 Å².